The largest absolute Gasteiger partial charge is 0.274 e. The van der Waals surface area contributed by atoms with Crippen molar-refractivity contribution >= 4 is 23.2 Å². The number of anilines is 1. The summed E-state index contributed by atoms with van der Waals surface area (Å²) >= 11 is 0. The van der Waals surface area contributed by atoms with E-state index >= 15 is 0 Å². The predicted molar refractivity (Wildman–Crippen MR) is 80.4 cm³/mol. The number of carbonyl (C=O) groups excluding carboxylic acids is 2. The summed E-state index contributed by atoms with van der Waals surface area (Å²) in [4.78, 5) is 37.4. The third kappa shape index (κ3) is 1.39. The lowest BCUT2D eigenvalue weighted by atomic mass is 9.85. The van der Waals surface area contributed by atoms with Gasteiger partial charge < -0.3 is 0 Å². The second kappa shape index (κ2) is 3.88. The number of nitro benzene ring substituents is 1. The predicted octanol–water partition coefficient (Wildman–Crippen LogP) is 2.30. The Morgan fingerprint density at radius 3 is 2.22 bits per heavy atom. The number of imide groups is 1. The molecular weight excluding hydrogens is 296 g/mol. The molecule has 23 heavy (non-hydrogen) atoms. The highest BCUT2D eigenvalue weighted by atomic mass is 16.6. The van der Waals surface area contributed by atoms with Crippen molar-refractivity contribution in [1.29, 1.82) is 0 Å². The molecule has 116 valence electrons. The molecule has 1 aromatic carbocycles. The van der Waals surface area contributed by atoms with Gasteiger partial charge in [0.15, 0.2) is 0 Å². The maximum Gasteiger partial charge on any atom is 0.271 e. The SMILES string of the molecule is O=C1C2C(C(=O)N1c1cccc([N+](=O)[O-])c1)C1C=CC2C12CC2. The summed E-state index contributed by atoms with van der Waals surface area (Å²) < 4.78 is 0. The molecule has 1 heterocycles. The van der Waals surface area contributed by atoms with E-state index < -0.39 is 4.92 Å². The quantitative estimate of drug-likeness (QED) is 0.363. The third-order valence-corrected chi connectivity index (χ3v) is 6.15. The van der Waals surface area contributed by atoms with Gasteiger partial charge in [0, 0.05) is 12.1 Å². The number of non-ortho nitro benzene ring substituents is 1. The first-order valence-corrected chi connectivity index (χ1v) is 7.85. The van der Waals surface area contributed by atoms with Crippen LogP contribution in [0.5, 0.6) is 0 Å². The molecule has 4 aliphatic rings. The van der Waals surface area contributed by atoms with E-state index in [4.69, 9.17) is 0 Å². The van der Waals surface area contributed by atoms with Crippen LogP contribution in [0, 0.1) is 39.2 Å². The Labute approximate surface area is 131 Å². The van der Waals surface area contributed by atoms with Crippen molar-refractivity contribution < 1.29 is 14.5 Å². The molecule has 2 amide bonds. The molecule has 1 spiro atoms. The van der Waals surface area contributed by atoms with Crippen LogP contribution < -0.4 is 4.90 Å². The summed E-state index contributed by atoms with van der Waals surface area (Å²) in [6.07, 6.45) is 6.42. The van der Waals surface area contributed by atoms with E-state index in [-0.39, 0.29) is 46.6 Å². The van der Waals surface area contributed by atoms with Crippen molar-refractivity contribution in [3.05, 3.63) is 46.5 Å². The van der Waals surface area contributed by atoms with Crippen LogP contribution in [0.15, 0.2) is 36.4 Å². The van der Waals surface area contributed by atoms with Gasteiger partial charge >= 0.3 is 0 Å². The molecule has 5 rings (SSSR count). The van der Waals surface area contributed by atoms with Gasteiger partial charge in [-0.2, -0.15) is 0 Å². The highest BCUT2D eigenvalue weighted by Crippen LogP contribution is 2.73. The average Bonchev–Trinajstić information content (AvgIpc) is 3.13. The van der Waals surface area contributed by atoms with Gasteiger partial charge in [0.1, 0.15) is 0 Å². The Hall–Kier alpha value is -2.50. The first kappa shape index (κ1) is 13.0. The molecule has 4 atom stereocenters. The van der Waals surface area contributed by atoms with Crippen molar-refractivity contribution in [2.45, 2.75) is 12.8 Å². The molecule has 0 aromatic heterocycles. The topological polar surface area (TPSA) is 80.5 Å². The maximum absolute atomic E-state index is 12.9. The number of rotatable bonds is 2. The number of carbonyl (C=O) groups is 2. The maximum atomic E-state index is 12.9. The first-order valence-electron chi connectivity index (χ1n) is 7.85. The van der Waals surface area contributed by atoms with Gasteiger partial charge in [0.2, 0.25) is 11.8 Å². The number of nitrogens with zero attached hydrogens (tertiary/aromatic N) is 2. The number of nitro groups is 1. The highest BCUT2D eigenvalue weighted by Gasteiger charge is 2.73. The highest BCUT2D eigenvalue weighted by molar-refractivity contribution is 6.23. The summed E-state index contributed by atoms with van der Waals surface area (Å²) in [7, 11) is 0. The second-order valence-electron chi connectivity index (χ2n) is 7.01. The Kier molecular flexibility index (Phi) is 2.19. The minimum absolute atomic E-state index is 0.111. The van der Waals surface area contributed by atoms with Crippen LogP contribution >= 0.6 is 0 Å². The normalized spacial score (nSPS) is 35.2. The lowest BCUT2D eigenvalue weighted by Gasteiger charge is -2.21. The van der Waals surface area contributed by atoms with E-state index in [0.717, 1.165) is 12.8 Å². The van der Waals surface area contributed by atoms with Gasteiger partial charge in [0.25, 0.3) is 5.69 Å². The van der Waals surface area contributed by atoms with Crippen LogP contribution in [0.3, 0.4) is 0 Å². The van der Waals surface area contributed by atoms with Gasteiger partial charge in [-0.25, -0.2) is 4.90 Å². The van der Waals surface area contributed by atoms with Crippen molar-refractivity contribution in [2.24, 2.45) is 29.1 Å². The van der Waals surface area contributed by atoms with Gasteiger partial charge in [-0.1, -0.05) is 18.2 Å². The molecule has 1 saturated heterocycles. The molecule has 1 aliphatic heterocycles. The van der Waals surface area contributed by atoms with E-state index in [1.165, 1.54) is 23.1 Å². The van der Waals surface area contributed by atoms with E-state index in [0.29, 0.717) is 5.69 Å². The molecule has 0 radical (unpaired) electrons. The third-order valence-electron chi connectivity index (χ3n) is 6.15. The smallest absolute Gasteiger partial charge is 0.271 e. The standard InChI is InChI=1S/C17H14N2O4/c20-15-13-11-4-5-12(17(11)6-7-17)14(13)16(21)18(15)9-2-1-3-10(8-9)19(22)23/h1-5,8,11-14H,6-7H2. The van der Waals surface area contributed by atoms with Crippen molar-refractivity contribution in [1.82, 2.24) is 0 Å². The summed E-state index contributed by atoms with van der Waals surface area (Å²) in [6, 6.07) is 5.77. The van der Waals surface area contributed by atoms with Crippen LogP contribution in [0.2, 0.25) is 0 Å². The van der Waals surface area contributed by atoms with Crippen molar-refractivity contribution in [3.8, 4) is 0 Å². The van der Waals surface area contributed by atoms with Gasteiger partial charge in [-0.05, 0) is 36.2 Å². The summed E-state index contributed by atoms with van der Waals surface area (Å²) in [6.45, 7) is 0. The number of hydrogen-bond donors (Lipinski definition) is 0. The van der Waals surface area contributed by atoms with Gasteiger partial charge in [-0.3, -0.25) is 19.7 Å². The van der Waals surface area contributed by atoms with Crippen molar-refractivity contribution in [2.75, 3.05) is 4.90 Å². The molecule has 3 fully saturated rings. The van der Waals surface area contributed by atoms with Crippen LogP contribution in [-0.2, 0) is 9.59 Å². The minimum Gasteiger partial charge on any atom is -0.274 e. The molecule has 2 bridgehead atoms. The van der Waals surface area contributed by atoms with Gasteiger partial charge in [0.05, 0.1) is 22.4 Å². The van der Waals surface area contributed by atoms with Gasteiger partial charge in [-0.15, -0.1) is 0 Å². The molecule has 2 saturated carbocycles. The Bertz CT molecular complexity index is 777. The Balaban J connectivity index is 1.56. The van der Waals surface area contributed by atoms with Crippen molar-refractivity contribution in [3.63, 3.8) is 0 Å². The summed E-state index contributed by atoms with van der Waals surface area (Å²) in [5.41, 5.74) is 0.364. The number of amides is 2. The zero-order valence-corrected chi connectivity index (χ0v) is 12.2. The molecule has 6 nitrogen and oxygen atoms in total. The van der Waals surface area contributed by atoms with Crippen LogP contribution in [-0.4, -0.2) is 16.7 Å². The molecule has 0 N–H and O–H groups in total. The number of fused-ring (bicyclic) bond motifs is 3. The molecule has 6 heteroatoms. The summed E-state index contributed by atoms with van der Waals surface area (Å²) in [5.74, 6) is -0.610. The zero-order chi connectivity index (χ0) is 15.9. The van der Waals surface area contributed by atoms with E-state index in [2.05, 4.69) is 12.2 Å². The van der Waals surface area contributed by atoms with Crippen LogP contribution in [0.4, 0.5) is 11.4 Å². The van der Waals surface area contributed by atoms with E-state index in [9.17, 15) is 19.7 Å². The Morgan fingerprint density at radius 2 is 1.70 bits per heavy atom. The van der Waals surface area contributed by atoms with Crippen LogP contribution in [0.25, 0.3) is 0 Å². The molecule has 4 unspecified atom stereocenters. The lowest BCUT2D eigenvalue weighted by Crippen LogP contribution is -2.34. The number of allylic oxidation sites excluding steroid dienone is 2. The lowest BCUT2D eigenvalue weighted by molar-refractivity contribution is -0.384. The Morgan fingerprint density at radius 1 is 1.09 bits per heavy atom. The fourth-order valence-electron chi connectivity index (χ4n) is 5.08. The van der Waals surface area contributed by atoms with E-state index in [1.807, 2.05) is 0 Å². The average molecular weight is 310 g/mol. The fraction of sp³-hybridized carbons (Fsp3) is 0.412. The minimum atomic E-state index is -0.514. The van der Waals surface area contributed by atoms with E-state index in [1.54, 1.807) is 6.07 Å². The number of hydrogen-bond acceptors (Lipinski definition) is 4. The summed E-state index contributed by atoms with van der Waals surface area (Å²) in [5, 5.41) is 10.9. The number of benzene rings is 1. The second-order valence-corrected chi connectivity index (χ2v) is 7.01. The molecule has 3 aliphatic carbocycles. The van der Waals surface area contributed by atoms with Crippen LogP contribution in [0.1, 0.15) is 12.8 Å². The fourth-order valence-corrected chi connectivity index (χ4v) is 5.08. The first-order chi connectivity index (χ1) is 11.0. The molecular formula is C17H14N2O4. The zero-order valence-electron chi connectivity index (χ0n) is 12.2. The monoisotopic (exact) mass is 310 g/mol. The molecule has 1 aromatic rings.